The fraction of sp³-hybridized carbons (Fsp3) is 0.364. The van der Waals surface area contributed by atoms with Crippen LogP contribution in [0.4, 0.5) is 16.4 Å². The van der Waals surface area contributed by atoms with E-state index in [0.29, 0.717) is 30.6 Å². The SMILES string of the molecule is CCc1ccc(-n2cc(C(=O)NOC)c(=O)c3cnc(Nc4ccc(C5CCN(C(=O)OC(C)(C)C)CC5)cc4)nc32)cc1. The Labute approximate surface area is 256 Å². The van der Waals surface area contributed by atoms with Gasteiger partial charge in [-0.25, -0.2) is 15.3 Å². The fourth-order valence-corrected chi connectivity index (χ4v) is 5.26. The smallest absolute Gasteiger partial charge is 0.410 e. The van der Waals surface area contributed by atoms with Crippen molar-refractivity contribution in [3.63, 3.8) is 0 Å². The molecule has 230 valence electrons. The van der Waals surface area contributed by atoms with Gasteiger partial charge in [0, 0.05) is 36.9 Å². The Balaban J connectivity index is 1.37. The van der Waals surface area contributed by atoms with Gasteiger partial charge in [0.25, 0.3) is 5.91 Å². The highest BCUT2D eigenvalue weighted by molar-refractivity contribution is 5.96. The molecule has 1 saturated heterocycles. The summed E-state index contributed by atoms with van der Waals surface area (Å²) in [4.78, 5) is 53.9. The monoisotopic (exact) mass is 598 g/mol. The maximum absolute atomic E-state index is 13.2. The Morgan fingerprint density at radius 3 is 2.32 bits per heavy atom. The van der Waals surface area contributed by atoms with Crippen LogP contribution >= 0.6 is 0 Å². The number of ether oxygens (including phenoxy) is 1. The number of piperidine rings is 1. The molecule has 5 rings (SSSR count). The summed E-state index contributed by atoms with van der Waals surface area (Å²) in [5.74, 6) is -0.00263. The third-order valence-electron chi connectivity index (χ3n) is 7.59. The molecule has 1 fully saturated rings. The summed E-state index contributed by atoms with van der Waals surface area (Å²) in [6.45, 7) is 9.01. The van der Waals surface area contributed by atoms with Crippen LogP contribution in [0, 0.1) is 0 Å². The first-order valence-corrected chi connectivity index (χ1v) is 14.8. The van der Waals surface area contributed by atoms with Gasteiger partial charge in [0.2, 0.25) is 11.4 Å². The molecule has 3 heterocycles. The fourth-order valence-electron chi connectivity index (χ4n) is 5.26. The predicted molar refractivity (Wildman–Crippen MR) is 168 cm³/mol. The number of hydroxylamine groups is 1. The third-order valence-corrected chi connectivity index (χ3v) is 7.59. The van der Waals surface area contributed by atoms with Crippen molar-refractivity contribution in [3.05, 3.63) is 87.8 Å². The number of carbonyl (C=O) groups is 2. The van der Waals surface area contributed by atoms with Gasteiger partial charge in [-0.15, -0.1) is 0 Å². The first-order valence-electron chi connectivity index (χ1n) is 14.8. The van der Waals surface area contributed by atoms with E-state index in [0.717, 1.165) is 36.2 Å². The molecule has 1 aliphatic rings. The van der Waals surface area contributed by atoms with Crippen LogP contribution in [-0.4, -0.2) is 57.2 Å². The Kier molecular flexibility index (Phi) is 8.96. The number of pyridine rings is 1. The minimum absolute atomic E-state index is 0.0873. The van der Waals surface area contributed by atoms with E-state index in [1.165, 1.54) is 25.1 Å². The average molecular weight is 599 g/mol. The number of amides is 2. The minimum atomic E-state index is -0.656. The summed E-state index contributed by atoms with van der Waals surface area (Å²) in [5.41, 5.74) is 5.38. The number of hydrogen-bond acceptors (Lipinski definition) is 8. The van der Waals surface area contributed by atoms with E-state index in [4.69, 9.17) is 9.57 Å². The van der Waals surface area contributed by atoms with Crippen LogP contribution in [0.2, 0.25) is 0 Å². The van der Waals surface area contributed by atoms with Crippen LogP contribution in [0.1, 0.15) is 67.9 Å². The number of anilines is 2. The van der Waals surface area contributed by atoms with E-state index in [2.05, 4.69) is 39.8 Å². The highest BCUT2D eigenvalue weighted by atomic mass is 16.6. The standard InChI is InChI=1S/C33H38N6O5/c1-6-21-7-13-25(14-8-21)39-20-27(30(41)37-43-5)28(40)26-19-34-31(36-29(26)39)35-24-11-9-22(10-12-24)23-15-17-38(18-16-23)32(42)44-33(2,3)4/h7-14,19-20,23H,6,15-18H2,1-5H3,(H,37,41)(H,34,35,36). The molecule has 2 N–H and O–H groups in total. The number of hydrogen-bond donors (Lipinski definition) is 2. The summed E-state index contributed by atoms with van der Waals surface area (Å²) < 4.78 is 7.23. The van der Waals surface area contributed by atoms with Crippen LogP contribution in [0.5, 0.6) is 0 Å². The van der Waals surface area contributed by atoms with Crippen molar-refractivity contribution in [1.29, 1.82) is 0 Å². The number of carbonyl (C=O) groups excluding carboxylic acids is 2. The van der Waals surface area contributed by atoms with Gasteiger partial charge in [-0.05, 0) is 81.3 Å². The minimum Gasteiger partial charge on any atom is -0.444 e. The first-order chi connectivity index (χ1) is 21.1. The van der Waals surface area contributed by atoms with Crippen molar-refractivity contribution in [2.45, 2.75) is 58.5 Å². The quantitative estimate of drug-likeness (QED) is 0.267. The van der Waals surface area contributed by atoms with Crippen LogP contribution in [-0.2, 0) is 16.0 Å². The second-order valence-corrected chi connectivity index (χ2v) is 11.8. The Hall–Kier alpha value is -4.77. The molecule has 2 aromatic heterocycles. The van der Waals surface area contributed by atoms with E-state index in [1.807, 2.05) is 57.2 Å². The normalized spacial score (nSPS) is 14.0. The molecular weight excluding hydrogens is 560 g/mol. The van der Waals surface area contributed by atoms with Crippen molar-refractivity contribution < 1.29 is 19.2 Å². The second kappa shape index (κ2) is 12.8. The molecule has 0 saturated carbocycles. The Bertz CT molecular complexity index is 1700. The van der Waals surface area contributed by atoms with Gasteiger partial charge in [0.05, 0.1) is 12.5 Å². The van der Waals surface area contributed by atoms with Gasteiger partial charge >= 0.3 is 6.09 Å². The van der Waals surface area contributed by atoms with E-state index in [1.54, 1.807) is 9.47 Å². The number of nitrogens with one attached hydrogen (secondary N) is 2. The third kappa shape index (κ3) is 6.89. The lowest BCUT2D eigenvalue weighted by molar-refractivity contribution is 0.0204. The topological polar surface area (TPSA) is 128 Å². The van der Waals surface area contributed by atoms with Crippen molar-refractivity contribution >= 4 is 34.7 Å². The number of likely N-dealkylation sites (tertiary alicyclic amines) is 1. The van der Waals surface area contributed by atoms with Crippen molar-refractivity contribution in [2.24, 2.45) is 0 Å². The van der Waals surface area contributed by atoms with E-state index >= 15 is 0 Å². The highest BCUT2D eigenvalue weighted by Crippen LogP contribution is 2.30. The molecule has 0 unspecified atom stereocenters. The number of nitrogens with zero attached hydrogens (tertiary/aromatic N) is 4. The van der Waals surface area contributed by atoms with Gasteiger partial charge in [-0.2, -0.15) is 4.98 Å². The zero-order valence-electron chi connectivity index (χ0n) is 25.7. The number of aromatic nitrogens is 3. The zero-order chi connectivity index (χ0) is 31.4. The van der Waals surface area contributed by atoms with E-state index < -0.39 is 16.9 Å². The summed E-state index contributed by atoms with van der Waals surface area (Å²) in [5, 5.41) is 3.44. The van der Waals surface area contributed by atoms with Crippen molar-refractivity contribution in [3.8, 4) is 5.69 Å². The molecular formula is C33H38N6O5. The number of benzene rings is 2. The zero-order valence-corrected chi connectivity index (χ0v) is 25.7. The predicted octanol–water partition coefficient (Wildman–Crippen LogP) is 5.49. The lowest BCUT2D eigenvalue weighted by Gasteiger charge is -2.33. The summed E-state index contributed by atoms with van der Waals surface area (Å²) in [7, 11) is 1.31. The number of fused-ring (bicyclic) bond motifs is 1. The molecule has 11 nitrogen and oxygen atoms in total. The second-order valence-electron chi connectivity index (χ2n) is 11.8. The molecule has 0 atom stereocenters. The Morgan fingerprint density at radius 2 is 1.70 bits per heavy atom. The average Bonchev–Trinajstić information content (AvgIpc) is 3.01. The molecule has 4 aromatic rings. The maximum atomic E-state index is 13.2. The van der Waals surface area contributed by atoms with Crippen LogP contribution in [0.15, 0.2) is 65.7 Å². The Morgan fingerprint density at radius 1 is 1.02 bits per heavy atom. The molecule has 1 aliphatic heterocycles. The summed E-state index contributed by atoms with van der Waals surface area (Å²) in [6.07, 6.45) is 5.25. The number of rotatable bonds is 7. The molecule has 2 aromatic carbocycles. The van der Waals surface area contributed by atoms with Crippen LogP contribution < -0.4 is 16.2 Å². The van der Waals surface area contributed by atoms with E-state index in [-0.39, 0.29) is 17.0 Å². The van der Waals surface area contributed by atoms with E-state index in [9.17, 15) is 14.4 Å². The molecule has 44 heavy (non-hydrogen) atoms. The molecule has 2 amide bonds. The first kappa shape index (κ1) is 30.7. The van der Waals surface area contributed by atoms with Crippen LogP contribution in [0.3, 0.4) is 0 Å². The highest BCUT2D eigenvalue weighted by Gasteiger charge is 2.27. The van der Waals surface area contributed by atoms with Gasteiger partial charge in [0.15, 0.2) is 5.65 Å². The van der Waals surface area contributed by atoms with Gasteiger partial charge in [-0.1, -0.05) is 31.2 Å². The molecule has 0 spiro atoms. The van der Waals surface area contributed by atoms with Gasteiger partial charge < -0.3 is 19.5 Å². The number of aryl methyl sites for hydroxylation is 1. The lowest BCUT2D eigenvalue weighted by atomic mass is 9.89. The van der Waals surface area contributed by atoms with Gasteiger partial charge in [0.1, 0.15) is 11.2 Å². The largest absolute Gasteiger partial charge is 0.444 e. The maximum Gasteiger partial charge on any atom is 0.410 e. The molecule has 0 aliphatic carbocycles. The molecule has 0 bridgehead atoms. The summed E-state index contributed by atoms with van der Waals surface area (Å²) in [6, 6.07) is 15.9. The lowest BCUT2D eigenvalue weighted by Crippen LogP contribution is -2.41. The van der Waals surface area contributed by atoms with Crippen LogP contribution in [0.25, 0.3) is 16.7 Å². The molecule has 0 radical (unpaired) electrons. The molecule has 11 heteroatoms. The van der Waals surface area contributed by atoms with Crippen molar-refractivity contribution in [2.75, 3.05) is 25.5 Å². The van der Waals surface area contributed by atoms with Gasteiger partial charge in [-0.3, -0.25) is 14.4 Å². The summed E-state index contributed by atoms with van der Waals surface area (Å²) >= 11 is 0. The van der Waals surface area contributed by atoms with Crippen molar-refractivity contribution in [1.82, 2.24) is 24.9 Å².